The first-order valence-corrected chi connectivity index (χ1v) is 14.3. The third-order valence-corrected chi connectivity index (χ3v) is 8.43. The van der Waals surface area contributed by atoms with Gasteiger partial charge in [0.1, 0.15) is 0 Å². The highest BCUT2D eigenvalue weighted by Crippen LogP contribution is 2.37. The van der Waals surface area contributed by atoms with E-state index in [1.165, 1.54) is 42.4 Å². The highest BCUT2D eigenvalue weighted by molar-refractivity contribution is 14.1. The van der Waals surface area contributed by atoms with E-state index in [1.807, 2.05) is 11.3 Å². The van der Waals surface area contributed by atoms with E-state index < -0.39 is 0 Å². The summed E-state index contributed by atoms with van der Waals surface area (Å²) in [7, 11) is 0. The summed E-state index contributed by atoms with van der Waals surface area (Å²) in [4.78, 5) is 9.71. The van der Waals surface area contributed by atoms with Gasteiger partial charge >= 0.3 is 0 Å². The van der Waals surface area contributed by atoms with Crippen LogP contribution in [0.2, 0.25) is 0 Å². The van der Waals surface area contributed by atoms with E-state index in [0.717, 1.165) is 26.3 Å². The maximum Gasteiger partial charge on any atom is 0.191 e. The topological polar surface area (TPSA) is 25.8 Å². The van der Waals surface area contributed by atoms with E-state index in [0.29, 0.717) is 0 Å². The highest BCUT2D eigenvalue weighted by atomic mass is 127. The van der Waals surface area contributed by atoms with Crippen molar-refractivity contribution >= 4 is 54.1 Å². The number of hydrogen-bond donors (Lipinski definition) is 0. The van der Waals surface area contributed by atoms with Crippen LogP contribution in [-0.4, -0.2) is 9.97 Å². The van der Waals surface area contributed by atoms with Crippen LogP contribution in [0.5, 0.6) is 0 Å². The molecule has 0 N–H and O–H groups in total. The van der Waals surface area contributed by atoms with E-state index in [2.05, 4.69) is 150 Å². The van der Waals surface area contributed by atoms with Crippen molar-refractivity contribution in [1.82, 2.24) is 9.97 Å². The Balaban J connectivity index is 1.38. The number of aromatic nitrogens is 2. The van der Waals surface area contributed by atoms with E-state index >= 15 is 0 Å². The number of halogens is 1. The molecular weight excluding hydrogens is 595 g/mol. The van der Waals surface area contributed by atoms with Crippen LogP contribution in [0.4, 0.5) is 0 Å². The van der Waals surface area contributed by atoms with Gasteiger partial charge in [0.05, 0.1) is 11.4 Å². The van der Waals surface area contributed by atoms with Crippen molar-refractivity contribution in [3.8, 4) is 44.8 Å². The minimum Gasteiger partial charge on any atom is -0.223 e. The lowest BCUT2D eigenvalue weighted by Gasteiger charge is -2.12. The lowest BCUT2D eigenvalue weighted by molar-refractivity contribution is 1.12. The van der Waals surface area contributed by atoms with E-state index in [4.69, 9.17) is 9.97 Å². The van der Waals surface area contributed by atoms with Crippen molar-refractivity contribution in [2.75, 3.05) is 0 Å². The molecule has 2 aromatic heterocycles. The Bertz CT molecular complexity index is 1870. The normalized spacial score (nSPS) is 11.3. The van der Waals surface area contributed by atoms with Crippen LogP contribution in [0, 0.1) is 3.83 Å². The third kappa shape index (κ3) is 4.40. The van der Waals surface area contributed by atoms with Crippen LogP contribution in [0.3, 0.4) is 0 Å². The number of fused-ring (bicyclic) bond motifs is 3. The predicted octanol–water partition coefficient (Wildman–Crippen LogP) is 10.1. The second kappa shape index (κ2) is 9.78. The van der Waals surface area contributed by atoms with Gasteiger partial charge in [-0.1, -0.05) is 91.0 Å². The third-order valence-electron chi connectivity index (χ3n) is 6.82. The van der Waals surface area contributed by atoms with Gasteiger partial charge in [0.25, 0.3) is 0 Å². The molecule has 38 heavy (non-hydrogen) atoms. The predicted molar refractivity (Wildman–Crippen MR) is 169 cm³/mol. The molecule has 7 rings (SSSR count). The smallest absolute Gasteiger partial charge is 0.191 e. The first-order chi connectivity index (χ1) is 18.7. The molecule has 0 amide bonds. The number of rotatable bonds is 4. The summed E-state index contributed by atoms with van der Waals surface area (Å²) in [5, 5.41) is 2.60. The minimum atomic E-state index is 0.734. The van der Waals surface area contributed by atoms with Crippen molar-refractivity contribution < 1.29 is 0 Å². The maximum atomic E-state index is 4.87. The molecule has 0 fully saturated rings. The highest BCUT2D eigenvalue weighted by Gasteiger charge is 2.13. The molecule has 2 heterocycles. The Morgan fingerprint density at radius 3 is 1.66 bits per heavy atom. The zero-order valence-corrected chi connectivity index (χ0v) is 23.3. The van der Waals surface area contributed by atoms with Crippen LogP contribution in [0.15, 0.2) is 127 Å². The summed E-state index contributed by atoms with van der Waals surface area (Å²) in [6, 6.07) is 45.2. The monoisotopic (exact) mass is 616 g/mol. The fraction of sp³-hybridized carbons (Fsp3) is 0. The zero-order chi connectivity index (χ0) is 25.5. The molecule has 0 aliphatic carbocycles. The number of hydrogen-bond acceptors (Lipinski definition) is 3. The lowest BCUT2D eigenvalue weighted by atomic mass is 9.94. The molecule has 0 saturated carbocycles. The molecule has 0 saturated heterocycles. The van der Waals surface area contributed by atoms with Crippen molar-refractivity contribution in [1.29, 1.82) is 0 Å². The molecule has 0 bridgehead atoms. The quantitative estimate of drug-likeness (QED) is 0.145. The Kier molecular flexibility index (Phi) is 5.99. The van der Waals surface area contributed by atoms with Crippen molar-refractivity contribution in [2.45, 2.75) is 0 Å². The Morgan fingerprint density at radius 2 is 0.974 bits per heavy atom. The summed E-state index contributed by atoms with van der Waals surface area (Å²) in [6.07, 6.45) is 0. The molecule has 4 heteroatoms. The average Bonchev–Trinajstić information content (AvgIpc) is 3.35. The van der Waals surface area contributed by atoms with Gasteiger partial charge in [0, 0.05) is 53.9 Å². The van der Waals surface area contributed by atoms with Crippen molar-refractivity contribution in [3.05, 3.63) is 131 Å². The zero-order valence-electron chi connectivity index (χ0n) is 20.3. The summed E-state index contributed by atoms with van der Waals surface area (Å²) in [6.45, 7) is 0. The molecular formula is C34H21IN2S. The van der Waals surface area contributed by atoms with Crippen LogP contribution in [0.1, 0.15) is 0 Å². The molecule has 0 radical (unpaired) electrons. The van der Waals surface area contributed by atoms with E-state index in [9.17, 15) is 0 Å². The summed E-state index contributed by atoms with van der Waals surface area (Å²) < 4.78 is 3.32. The molecule has 2 nitrogen and oxygen atoms in total. The maximum absolute atomic E-state index is 4.87. The van der Waals surface area contributed by atoms with Crippen LogP contribution < -0.4 is 0 Å². The largest absolute Gasteiger partial charge is 0.223 e. The molecule has 7 aromatic rings. The fourth-order valence-corrected chi connectivity index (χ4v) is 6.63. The van der Waals surface area contributed by atoms with Gasteiger partial charge < -0.3 is 0 Å². The lowest BCUT2D eigenvalue weighted by Crippen LogP contribution is -1.95. The van der Waals surface area contributed by atoms with E-state index in [1.54, 1.807) is 0 Å². The number of benzene rings is 5. The second-order valence-corrected chi connectivity index (χ2v) is 11.3. The summed E-state index contributed by atoms with van der Waals surface area (Å²) in [5.74, 6) is 0. The molecule has 0 aliphatic rings. The fourth-order valence-electron chi connectivity index (χ4n) is 4.97. The minimum absolute atomic E-state index is 0.734. The summed E-state index contributed by atoms with van der Waals surface area (Å²) >= 11 is 4.06. The standard InChI is InChI=1S/C34H21IN2S/c35-34-36-30(24-15-16-29-28-13-7-8-14-32(28)38-33(29)20-24)21-31(37-34)27-18-25(22-9-3-1-4-10-22)17-26(19-27)23-11-5-2-6-12-23/h1-21H. The number of nitrogens with zero attached hydrogens (tertiary/aromatic N) is 2. The molecule has 5 aromatic carbocycles. The Hall–Kier alpha value is -3.87. The van der Waals surface area contributed by atoms with E-state index in [-0.39, 0.29) is 0 Å². The van der Waals surface area contributed by atoms with Crippen molar-refractivity contribution in [2.24, 2.45) is 0 Å². The molecule has 0 spiro atoms. The molecule has 0 aliphatic heterocycles. The van der Waals surface area contributed by atoms with Gasteiger partial charge in [-0.05, 0) is 58.7 Å². The first kappa shape index (κ1) is 23.3. The molecule has 0 atom stereocenters. The van der Waals surface area contributed by atoms with Gasteiger partial charge in [-0.25, -0.2) is 9.97 Å². The summed E-state index contributed by atoms with van der Waals surface area (Å²) in [5.41, 5.74) is 8.75. The SMILES string of the molecule is Ic1nc(-c2cc(-c3ccccc3)cc(-c3ccccc3)c2)cc(-c2ccc3c(c2)sc2ccccc23)n1. The van der Waals surface area contributed by atoms with Gasteiger partial charge in [0.15, 0.2) is 3.83 Å². The Morgan fingerprint density at radius 1 is 0.421 bits per heavy atom. The number of thiophene rings is 1. The first-order valence-electron chi connectivity index (χ1n) is 12.4. The van der Waals surface area contributed by atoms with Gasteiger partial charge in [-0.3, -0.25) is 0 Å². The van der Waals surface area contributed by atoms with Crippen molar-refractivity contribution in [3.63, 3.8) is 0 Å². The van der Waals surface area contributed by atoms with Crippen LogP contribution in [0.25, 0.3) is 64.9 Å². The van der Waals surface area contributed by atoms with Gasteiger partial charge in [0.2, 0.25) is 0 Å². The van der Waals surface area contributed by atoms with Crippen LogP contribution in [-0.2, 0) is 0 Å². The Labute approximate surface area is 238 Å². The van der Waals surface area contributed by atoms with Gasteiger partial charge in [-0.2, -0.15) is 0 Å². The second-order valence-electron chi connectivity index (χ2n) is 9.25. The average molecular weight is 617 g/mol. The molecule has 0 unspecified atom stereocenters. The molecule has 180 valence electrons. The van der Waals surface area contributed by atoms with Gasteiger partial charge in [-0.15, -0.1) is 11.3 Å². The van der Waals surface area contributed by atoms with Crippen LogP contribution >= 0.6 is 33.9 Å².